The minimum Gasteiger partial charge on any atom is -0.370 e. The van der Waals surface area contributed by atoms with E-state index in [9.17, 15) is 9.59 Å². The largest absolute Gasteiger partial charge is 0.370 e. The van der Waals surface area contributed by atoms with Crippen LogP contribution >= 0.6 is 23.2 Å². The van der Waals surface area contributed by atoms with Gasteiger partial charge in [-0.05, 0) is 66.6 Å². The summed E-state index contributed by atoms with van der Waals surface area (Å²) in [4.78, 5) is 36.9. The van der Waals surface area contributed by atoms with Gasteiger partial charge in [0, 0.05) is 29.7 Å². The summed E-state index contributed by atoms with van der Waals surface area (Å²) in [7, 11) is 1.64. The van der Waals surface area contributed by atoms with Crippen LogP contribution in [0.15, 0.2) is 41.2 Å². The van der Waals surface area contributed by atoms with Gasteiger partial charge in [0.05, 0.1) is 5.02 Å². The number of ketones is 1. The number of Topliss-reactive ketones (excluding diaryl/α,β-unsaturated/α-hetero) is 1. The zero-order valence-electron chi connectivity index (χ0n) is 20.9. The Morgan fingerprint density at radius 3 is 2.47 bits per heavy atom. The second kappa shape index (κ2) is 11.2. The molecular weight excluding hydrogens is 497 g/mol. The maximum absolute atomic E-state index is 13.1. The molecule has 1 fully saturated rings. The molecule has 1 saturated carbocycles. The van der Waals surface area contributed by atoms with Crippen LogP contribution in [0, 0.1) is 0 Å². The van der Waals surface area contributed by atoms with Gasteiger partial charge in [-0.2, -0.15) is 4.98 Å². The van der Waals surface area contributed by atoms with Gasteiger partial charge in [-0.1, -0.05) is 62.4 Å². The number of H-pyrrole nitrogens is 1. The summed E-state index contributed by atoms with van der Waals surface area (Å²) in [5, 5.41) is 1.11. The molecule has 190 valence electrons. The van der Waals surface area contributed by atoms with Crippen molar-refractivity contribution in [1.82, 2.24) is 15.0 Å². The standard InChI is InChI=1S/C28H31Cl2N3O3/c1-17(2)20-16-19(9-11-22(20)29)25-31-26(33-27(35)32-25)21-15-18(7-10-23(21)30)8-12-24(34)28(36-3)13-5-4-6-14-28/h7,9-11,15-17H,4-6,8,12-14H2,1-3H3,(H,31,32,33,35). The van der Waals surface area contributed by atoms with Crippen LogP contribution in [-0.4, -0.2) is 33.4 Å². The Balaban J connectivity index is 1.61. The van der Waals surface area contributed by atoms with E-state index in [-0.39, 0.29) is 11.7 Å². The third-order valence-corrected chi connectivity index (χ3v) is 7.69. The number of aromatic amines is 1. The summed E-state index contributed by atoms with van der Waals surface area (Å²) in [6.45, 7) is 4.10. The number of benzene rings is 2. The van der Waals surface area contributed by atoms with Crippen molar-refractivity contribution in [3.05, 3.63) is 68.1 Å². The van der Waals surface area contributed by atoms with Crippen LogP contribution in [0.1, 0.15) is 69.4 Å². The number of aryl methyl sites for hydroxylation is 1. The van der Waals surface area contributed by atoms with E-state index < -0.39 is 11.3 Å². The topological polar surface area (TPSA) is 84.9 Å². The van der Waals surface area contributed by atoms with Gasteiger partial charge >= 0.3 is 5.69 Å². The highest BCUT2D eigenvalue weighted by Gasteiger charge is 2.38. The van der Waals surface area contributed by atoms with E-state index in [4.69, 9.17) is 27.9 Å². The zero-order valence-corrected chi connectivity index (χ0v) is 22.4. The molecular formula is C28H31Cl2N3O3. The predicted octanol–water partition coefficient (Wildman–Crippen LogP) is 6.78. The fraction of sp³-hybridized carbons (Fsp3) is 0.429. The summed E-state index contributed by atoms with van der Waals surface area (Å²) >= 11 is 12.8. The number of aromatic nitrogens is 3. The minimum absolute atomic E-state index is 0.141. The molecule has 6 nitrogen and oxygen atoms in total. The summed E-state index contributed by atoms with van der Waals surface area (Å²) < 4.78 is 5.70. The molecule has 0 atom stereocenters. The maximum Gasteiger partial charge on any atom is 0.348 e. The van der Waals surface area contributed by atoms with Gasteiger partial charge in [0.2, 0.25) is 0 Å². The SMILES string of the molecule is COC1(C(=O)CCc2ccc(Cl)c(-c3nc(-c4ccc(Cl)c(C(C)C)c4)nc(=O)[nH]3)c2)CCCCC1. The van der Waals surface area contributed by atoms with Crippen LogP contribution in [0.5, 0.6) is 0 Å². The van der Waals surface area contributed by atoms with Gasteiger partial charge in [0.15, 0.2) is 11.6 Å². The van der Waals surface area contributed by atoms with Gasteiger partial charge < -0.3 is 4.74 Å². The fourth-order valence-corrected chi connectivity index (χ4v) is 5.42. The molecule has 4 rings (SSSR count). The van der Waals surface area contributed by atoms with Crippen molar-refractivity contribution < 1.29 is 9.53 Å². The molecule has 0 amide bonds. The number of nitrogens with one attached hydrogen (secondary N) is 1. The first-order chi connectivity index (χ1) is 17.2. The van der Waals surface area contributed by atoms with Crippen LogP contribution in [0.2, 0.25) is 10.0 Å². The first-order valence-electron chi connectivity index (χ1n) is 12.4. The Bertz CT molecular complexity index is 1310. The molecule has 2 aromatic carbocycles. The lowest BCUT2D eigenvalue weighted by Crippen LogP contribution is -2.42. The average Bonchev–Trinajstić information content (AvgIpc) is 2.88. The summed E-state index contributed by atoms with van der Waals surface area (Å²) in [5.41, 5.74) is 1.99. The molecule has 1 N–H and O–H groups in total. The smallest absolute Gasteiger partial charge is 0.348 e. The third kappa shape index (κ3) is 5.72. The Morgan fingerprint density at radius 1 is 1.06 bits per heavy atom. The molecule has 0 unspecified atom stereocenters. The van der Waals surface area contributed by atoms with Gasteiger partial charge in [0.25, 0.3) is 0 Å². The van der Waals surface area contributed by atoms with Crippen molar-refractivity contribution in [2.75, 3.05) is 7.11 Å². The quantitative estimate of drug-likeness (QED) is 0.348. The molecule has 0 spiro atoms. The van der Waals surface area contributed by atoms with Crippen LogP contribution in [-0.2, 0) is 16.0 Å². The molecule has 0 saturated heterocycles. The van der Waals surface area contributed by atoms with E-state index in [0.29, 0.717) is 45.7 Å². The van der Waals surface area contributed by atoms with Crippen molar-refractivity contribution in [3.8, 4) is 22.8 Å². The molecule has 0 bridgehead atoms. The van der Waals surface area contributed by atoms with Gasteiger partial charge in [-0.15, -0.1) is 0 Å². The number of ether oxygens (including phenoxy) is 1. The average molecular weight is 528 g/mol. The fourth-order valence-electron chi connectivity index (χ4n) is 4.88. The second-order valence-corrected chi connectivity index (χ2v) is 10.5. The molecule has 0 aliphatic heterocycles. The number of rotatable bonds is 8. The van der Waals surface area contributed by atoms with Crippen molar-refractivity contribution >= 4 is 29.0 Å². The van der Waals surface area contributed by atoms with Crippen molar-refractivity contribution in [2.45, 2.75) is 70.3 Å². The number of halogens is 2. The first-order valence-corrected chi connectivity index (χ1v) is 13.1. The molecule has 1 aliphatic carbocycles. The third-order valence-electron chi connectivity index (χ3n) is 7.01. The number of hydrogen-bond donors (Lipinski definition) is 1. The highest BCUT2D eigenvalue weighted by atomic mass is 35.5. The van der Waals surface area contributed by atoms with E-state index in [1.165, 1.54) is 0 Å². The number of carbonyl (C=O) groups is 1. The second-order valence-electron chi connectivity index (χ2n) is 9.71. The molecule has 1 aromatic heterocycles. The lowest BCUT2D eigenvalue weighted by Gasteiger charge is -2.34. The summed E-state index contributed by atoms with van der Waals surface area (Å²) in [5.74, 6) is 0.967. The highest BCUT2D eigenvalue weighted by Crippen LogP contribution is 2.34. The Labute approximate surface area is 221 Å². The molecule has 1 heterocycles. The van der Waals surface area contributed by atoms with Gasteiger partial charge in [-0.3, -0.25) is 9.78 Å². The van der Waals surface area contributed by atoms with Crippen molar-refractivity contribution in [3.63, 3.8) is 0 Å². The Morgan fingerprint density at radius 2 is 1.78 bits per heavy atom. The van der Waals surface area contributed by atoms with Crippen molar-refractivity contribution in [1.29, 1.82) is 0 Å². The lowest BCUT2D eigenvalue weighted by atomic mass is 9.80. The molecule has 8 heteroatoms. The molecule has 36 heavy (non-hydrogen) atoms. The minimum atomic E-state index is -0.659. The monoisotopic (exact) mass is 527 g/mol. The van der Waals surface area contributed by atoms with E-state index in [1.54, 1.807) is 25.3 Å². The Hall–Kier alpha value is -2.54. The van der Waals surface area contributed by atoms with Crippen LogP contribution in [0.3, 0.4) is 0 Å². The van der Waals surface area contributed by atoms with Gasteiger partial charge in [0.1, 0.15) is 11.4 Å². The number of methoxy groups -OCH3 is 1. The first kappa shape index (κ1) is 26.5. The molecule has 1 aliphatic rings. The number of nitrogens with zero attached hydrogens (tertiary/aromatic N) is 2. The number of carbonyl (C=O) groups excluding carboxylic acids is 1. The zero-order chi connectivity index (χ0) is 25.9. The van der Waals surface area contributed by atoms with Crippen LogP contribution < -0.4 is 5.69 Å². The van der Waals surface area contributed by atoms with Crippen molar-refractivity contribution in [2.24, 2.45) is 0 Å². The van der Waals surface area contributed by atoms with E-state index >= 15 is 0 Å². The van der Waals surface area contributed by atoms with Crippen LogP contribution in [0.4, 0.5) is 0 Å². The normalized spacial score (nSPS) is 15.3. The van der Waals surface area contributed by atoms with E-state index in [1.807, 2.05) is 32.0 Å². The summed E-state index contributed by atoms with van der Waals surface area (Å²) in [6, 6.07) is 11.0. The van der Waals surface area contributed by atoms with Crippen LogP contribution in [0.25, 0.3) is 22.8 Å². The van der Waals surface area contributed by atoms with E-state index in [2.05, 4.69) is 15.0 Å². The van der Waals surface area contributed by atoms with Gasteiger partial charge in [-0.25, -0.2) is 9.78 Å². The lowest BCUT2D eigenvalue weighted by molar-refractivity contribution is -0.145. The maximum atomic E-state index is 13.1. The molecule has 3 aromatic rings. The van der Waals surface area contributed by atoms with E-state index in [0.717, 1.165) is 43.2 Å². The Kier molecular flexibility index (Phi) is 8.28. The molecule has 0 radical (unpaired) electrons. The highest BCUT2D eigenvalue weighted by molar-refractivity contribution is 6.33. The predicted molar refractivity (Wildman–Crippen MR) is 144 cm³/mol. The number of hydrogen-bond acceptors (Lipinski definition) is 5. The summed E-state index contributed by atoms with van der Waals surface area (Å²) in [6.07, 6.45) is 5.66.